The van der Waals surface area contributed by atoms with Crippen molar-refractivity contribution < 1.29 is 18.0 Å². The van der Waals surface area contributed by atoms with Crippen molar-refractivity contribution >= 4 is 39.2 Å². The highest BCUT2D eigenvalue weighted by molar-refractivity contribution is 9.10. The molecule has 0 saturated heterocycles. The number of anilines is 1. The van der Waals surface area contributed by atoms with Crippen LogP contribution in [-0.4, -0.2) is 10.9 Å². The van der Waals surface area contributed by atoms with Crippen LogP contribution in [0.1, 0.15) is 22.5 Å². The molecule has 0 radical (unpaired) electrons. The molecule has 3 nitrogen and oxygen atoms in total. The van der Waals surface area contributed by atoms with E-state index in [1.807, 2.05) is 0 Å². The van der Waals surface area contributed by atoms with Crippen LogP contribution in [0, 0.1) is 6.92 Å². The number of carbonyl (C=O) groups excluding carboxylic acids is 1. The second-order valence-corrected chi connectivity index (χ2v) is 5.90. The van der Waals surface area contributed by atoms with Gasteiger partial charge in [0.05, 0.1) is 16.8 Å². The highest BCUT2D eigenvalue weighted by Gasteiger charge is 2.35. The van der Waals surface area contributed by atoms with E-state index in [0.717, 1.165) is 10.5 Å². The molecule has 0 unspecified atom stereocenters. The van der Waals surface area contributed by atoms with Gasteiger partial charge in [-0.1, -0.05) is 15.9 Å². The van der Waals surface area contributed by atoms with Crippen LogP contribution >= 0.6 is 15.9 Å². The van der Waals surface area contributed by atoms with E-state index in [1.165, 1.54) is 13.0 Å². The third kappa shape index (κ3) is 2.56. The topological polar surface area (TPSA) is 44.9 Å². The first-order valence-electron chi connectivity index (χ1n) is 6.35. The molecule has 0 fully saturated rings. The van der Waals surface area contributed by atoms with Gasteiger partial charge in [0, 0.05) is 21.4 Å². The van der Waals surface area contributed by atoms with E-state index in [4.69, 9.17) is 0 Å². The van der Waals surface area contributed by atoms with Gasteiger partial charge in [-0.25, -0.2) is 0 Å². The van der Waals surface area contributed by atoms with Gasteiger partial charge in [-0.15, -0.1) is 0 Å². The van der Waals surface area contributed by atoms with Crippen LogP contribution < -0.4 is 5.32 Å². The number of aromatic nitrogens is 1. The molecule has 2 heterocycles. The van der Waals surface area contributed by atoms with Crippen LogP contribution in [0.4, 0.5) is 18.9 Å². The van der Waals surface area contributed by atoms with Gasteiger partial charge >= 0.3 is 6.18 Å². The van der Waals surface area contributed by atoms with Gasteiger partial charge in [0.15, 0.2) is 0 Å². The van der Waals surface area contributed by atoms with Crippen LogP contribution in [0.2, 0.25) is 0 Å². The van der Waals surface area contributed by atoms with Crippen LogP contribution in [0.15, 0.2) is 28.7 Å². The summed E-state index contributed by atoms with van der Waals surface area (Å²) >= 11 is 3.29. The third-order valence-corrected chi connectivity index (χ3v) is 3.83. The summed E-state index contributed by atoms with van der Waals surface area (Å²) in [6.45, 7) is 1.54. The highest BCUT2D eigenvalue weighted by atomic mass is 79.9. The molecular formula is C15H10BrF3N2O. The Hall–Kier alpha value is -2.02. The number of aromatic amines is 1. The van der Waals surface area contributed by atoms with Crippen LogP contribution in [0.25, 0.3) is 11.6 Å². The summed E-state index contributed by atoms with van der Waals surface area (Å²) in [5, 5.41) is 2.64. The maximum Gasteiger partial charge on any atom is 0.418 e. The first-order valence-corrected chi connectivity index (χ1v) is 7.15. The molecule has 1 aliphatic rings. The zero-order valence-electron chi connectivity index (χ0n) is 11.3. The fourth-order valence-electron chi connectivity index (χ4n) is 2.41. The lowest BCUT2D eigenvalue weighted by molar-refractivity contribution is -0.137. The van der Waals surface area contributed by atoms with Crippen LogP contribution in [-0.2, 0) is 11.0 Å². The number of fused-ring (bicyclic) bond motifs is 1. The molecule has 0 atom stereocenters. The molecule has 1 amide bonds. The van der Waals surface area contributed by atoms with E-state index >= 15 is 0 Å². The highest BCUT2D eigenvalue weighted by Crippen LogP contribution is 2.38. The Morgan fingerprint density at radius 2 is 1.95 bits per heavy atom. The number of rotatable bonds is 1. The predicted octanol–water partition coefficient (Wildman–Crippen LogP) is 4.60. The first kappa shape index (κ1) is 14.9. The number of H-pyrrole nitrogens is 1. The molecule has 3 rings (SSSR count). The predicted molar refractivity (Wildman–Crippen MR) is 81.2 cm³/mol. The minimum atomic E-state index is -4.48. The van der Waals surface area contributed by atoms with Crippen molar-refractivity contribution in [2.75, 3.05) is 5.32 Å². The molecule has 114 valence electrons. The van der Waals surface area contributed by atoms with E-state index in [2.05, 4.69) is 26.2 Å². The van der Waals surface area contributed by atoms with Crippen molar-refractivity contribution in [1.82, 2.24) is 4.98 Å². The van der Waals surface area contributed by atoms with Gasteiger partial charge in [-0.2, -0.15) is 13.2 Å². The SMILES string of the molecule is Cc1cc(C(F)(F)F)c(/C=C2\C(=O)Nc3ccc(Br)cc32)[nH]1. The molecule has 2 N–H and O–H groups in total. The van der Waals surface area contributed by atoms with Crippen molar-refractivity contribution in [3.8, 4) is 0 Å². The van der Waals surface area contributed by atoms with Crippen molar-refractivity contribution in [2.24, 2.45) is 0 Å². The lowest BCUT2D eigenvalue weighted by Crippen LogP contribution is -2.07. The van der Waals surface area contributed by atoms with Crippen molar-refractivity contribution in [2.45, 2.75) is 13.1 Å². The molecule has 0 saturated carbocycles. The molecule has 1 aromatic heterocycles. The summed E-state index contributed by atoms with van der Waals surface area (Å²) in [7, 11) is 0. The fourth-order valence-corrected chi connectivity index (χ4v) is 2.77. The number of halogens is 4. The third-order valence-electron chi connectivity index (χ3n) is 3.34. The maximum atomic E-state index is 13.0. The quantitative estimate of drug-likeness (QED) is 0.708. The minimum absolute atomic E-state index is 0.122. The molecule has 1 aliphatic heterocycles. The number of alkyl halides is 3. The Bertz CT molecular complexity index is 806. The Morgan fingerprint density at radius 3 is 2.64 bits per heavy atom. The number of hydrogen-bond donors (Lipinski definition) is 2. The zero-order valence-corrected chi connectivity index (χ0v) is 12.9. The Balaban J connectivity index is 2.15. The number of carbonyl (C=O) groups is 1. The van der Waals surface area contributed by atoms with Crippen molar-refractivity contribution in [3.63, 3.8) is 0 Å². The fraction of sp³-hybridized carbons (Fsp3) is 0.133. The van der Waals surface area contributed by atoms with Gasteiger partial charge in [-0.05, 0) is 37.3 Å². The summed E-state index contributed by atoms with van der Waals surface area (Å²) in [4.78, 5) is 14.7. The van der Waals surface area contributed by atoms with Crippen molar-refractivity contribution in [3.05, 3.63) is 51.3 Å². The summed E-state index contributed by atoms with van der Waals surface area (Å²) in [6.07, 6.45) is -3.24. The van der Waals surface area contributed by atoms with Gasteiger partial charge in [0.2, 0.25) is 0 Å². The summed E-state index contributed by atoms with van der Waals surface area (Å²) in [6, 6.07) is 6.17. The van der Waals surface area contributed by atoms with Gasteiger partial charge in [0.1, 0.15) is 0 Å². The summed E-state index contributed by atoms with van der Waals surface area (Å²) < 4.78 is 39.8. The lowest BCUT2D eigenvalue weighted by Gasteiger charge is -2.05. The summed E-state index contributed by atoms with van der Waals surface area (Å²) in [5.74, 6) is -0.423. The number of benzene rings is 1. The molecule has 2 aromatic rings. The van der Waals surface area contributed by atoms with Gasteiger partial charge in [-0.3, -0.25) is 4.79 Å². The first-order chi connectivity index (χ1) is 10.3. The van der Waals surface area contributed by atoms with E-state index in [1.54, 1.807) is 18.2 Å². The molecule has 7 heteroatoms. The Labute approximate surface area is 132 Å². The van der Waals surface area contributed by atoms with E-state index in [0.29, 0.717) is 16.9 Å². The zero-order chi connectivity index (χ0) is 16.1. The average molecular weight is 371 g/mol. The Morgan fingerprint density at radius 1 is 1.23 bits per heavy atom. The molecular weight excluding hydrogens is 361 g/mol. The lowest BCUT2D eigenvalue weighted by atomic mass is 10.0. The summed E-state index contributed by atoms with van der Waals surface area (Å²) in [5.41, 5.74) is 0.823. The minimum Gasteiger partial charge on any atom is -0.359 e. The van der Waals surface area contributed by atoms with Gasteiger partial charge < -0.3 is 10.3 Å². The van der Waals surface area contributed by atoms with E-state index < -0.39 is 17.6 Å². The second-order valence-electron chi connectivity index (χ2n) is 4.98. The van der Waals surface area contributed by atoms with Gasteiger partial charge in [0.25, 0.3) is 5.91 Å². The van der Waals surface area contributed by atoms with Crippen LogP contribution in [0.5, 0.6) is 0 Å². The van der Waals surface area contributed by atoms with Crippen LogP contribution in [0.3, 0.4) is 0 Å². The molecule has 0 aliphatic carbocycles. The standard InChI is InChI=1S/C15H10BrF3N2O/c1-7-4-11(15(17,18)19)13(20-7)6-10-9-5-8(16)2-3-12(9)21-14(10)22/h2-6,20H,1H3,(H,21,22)/b10-6-. The second kappa shape index (κ2) is 5.01. The number of nitrogens with one attached hydrogen (secondary N) is 2. The normalized spacial score (nSPS) is 16.0. The average Bonchev–Trinajstić information content (AvgIpc) is 2.92. The van der Waals surface area contributed by atoms with Crippen molar-refractivity contribution in [1.29, 1.82) is 0 Å². The molecule has 1 aromatic carbocycles. The number of aryl methyl sites for hydroxylation is 1. The monoisotopic (exact) mass is 370 g/mol. The van der Waals surface area contributed by atoms with E-state index in [9.17, 15) is 18.0 Å². The largest absolute Gasteiger partial charge is 0.418 e. The Kier molecular flexibility index (Phi) is 3.40. The molecule has 0 bridgehead atoms. The number of amides is 1. The molecule has 0 spiro atoms. The maximum absolute atomic E-state index is 13.0. The van der Waals surface area contributed by atoms with E-state index in [-0.39, 0.29) is 11.3 Å². The number of hydrogen-bond acceptors (Lipinski definition) is 1. The smallest absolute Gasteiger partial charge is 0.359 e. The molecule has 22 heavy (non-hydrogen) atoms.